The standard InChI is InChI=1S/C24H20N4O4S/c1-28-22(16-21(26-28)17-8-4-2-5-9-17)24(30)25-19-14-12-18(13-15-19)23(29)27-33(31,32)20-10-6-3-7-11-20/h2-16H,1H3,(H,25,30)(H,27,29). The second-order valence-corrected chi connectivity index (χ2v) is 8.87. The van der Waals surface area contributed by atoms with E-state index in [1.54, 1.807) is 31.3 Å². The molecule has 4 aromatic rings. The highest BCUT2D eigenvalue weighted by atomic mass is 32.2. The van der Waals surface area contributed by atoms with Gasteiger partial charge < -0.3 is 5.32 Å². The summed E-state index contributed by atoms with van der Waals surface area (Å²) in [5, 5.41) is 7.14. The summed E-state index contributed by atoms with van der Waals surface area (Å²) in [4.78, 5) is 25.1. The maximum atomic E-state index is 12.7. The Morgan fingerprint density at radius 2 is 1.42 bits per heavy atom. The summed E-state index contributed by atoms with van der Waals surface area (Å²) < 4.78 is 28.2. The number of nitrogens with one attached hydrogen (secondary N) is 2. The van der Waals surface area contributed by atoms with Crippen molar-refractivity contribution in [3.05, 3.63) is 102 Å². The van der Waals surface area contributed by atoms with Crippen molar-refractivity contribution in [3.8, 4) is 11.3 Å². The van der Waals surface area contributed by atoms with Crippen molar-refractivity contribution in [1.29, 1.82) is 0 Å². The van der Waals surface area contributed by atoms with Crippen LogP contribution in [-0.2, 0) is 17.1 Å². The smallest absolute Gasteiger partial charge is 0.273 e. The van der Waals surface area contributed by atoms with E-state index in [0.29, 0.717) is 17.1 Å². The predicted molar refractivity (Wildman–Crippen MR) is 124 cm³/mol. The van der Waals surface area contributed by atoms with Gasteiger partial charge in [0.05, 0.1) is 10.6 Å². The van der Waals surface area contributed by atoms with E-state index < -0.39 is 15.9 Å². The third-order valence-electron chi connectivity index (χ3n) is 4.87. The molecule has 33 heavy (non-hydrogen) atoms. The fraction of sp³-hybridized carbons (Fsp3) is 0.0417. The van der Waals surface area contributed by atoms with Crippen molar-refractivity contribution >= 4 is 27.5 Å². The van der Waals surface area contributed by atoms with Crippen LogP contribution in [0.5, 0.6) is 0 Å². The summed E-state index contributed by atoms with van der Waals surface area (Å²) in [6.07, 6.45) is 0. The number of carbonyl (C=O) groups is 2. The zero-order chi connectivity index (χ0) is 23.4. The highest BCUT2D eigenvalue weighted by Gasteiger charge is 2.19. The third kappa shape index (κ3) is 4.99. The highest BCUT2D eigenvalue weighted by molar-refractivity contribution is 7.90. The van der Waals surface area contributed by atoms with Crippen LogP contribution in [0.25, 0.3) is 11.3 Å². The van der Waals surface area contributed by atoms with E-state index >= 15 is 0 Å². The third-order valence-corrected chi connectivity index (χ3v) is 6.21. The first-order valence-corrected chi connectivity index (χ1v) is 11.4. The van der Waals surface area contributed by atoms with Gasteiger partial charge >= 0.3 is 0 Å². The molecule has 0 radical (unpaired) electrons. The lowest BCUT2D eigenvalue weighted by molar-refractivity contribution is 0.0980. The molecule has 1 heterocycles. The van der Waals surface area contributed by atoms with Crippen LogP contribution in [0.2, 0.25) is 0 Å². The summed E-state index contributed by atoms with van der Waals surface area (Å²) in [6, 6.07) is 24.7. The largest absolute Gasteiger partial charge is 0.321 e. The zero-order valence-electron chi connectivity index (χ0n) is 17.6. The molecule has 0 saturated carbocycles. The molecule has 0 aliphatic heterocycles. The monoisotopic (exact) mass is 460 g/mol. The molecule has 1 aromatic heterocycles. The predicted octanol–water partition coefficient (Wildman–Crippen LogP) is 3.46. The number of hydrogen-bond donors (Lipinski definition) is 2. The number of amides is 2. The molecule has 9 heteroatoms. The van der Waals surface area contributed by atoms with Crippen molar-refractivity contribution in [2.45, 2.75) is 4.90 Å². The summed E-state index contributed by atoms with van der Waals surface area (Å²) in [7, 11) is -2.29. The van der Waals surface area contributed by atoms with Crippen LogP contribution in [0.1, 0.15) is 20.8 Å². The number of anilines is 1. The second-order valence-electron chi connectivity index (χ2n) is 7.18. The van der Waals surface area contributed by atoms with E-state index in [4.69, 9.17) is 0 Å². The van der Waals surface area contributed by atoms with Crippen molar-refractivity contribution in [1.82, 2.24) is 14.5 Å². The van der Waals surface area contributed by atoms with Gasteiger partial charge in [-0.1, -0.05) is 48.5 Å². The van der Waals surface area contributed by atoms with Gasteiger partial charge in [0.2, 0.25) is 0 Å². The Bertz CT molecular complexity index is 1400. The summed E-state index contributed by atoms with van der Waals surface area (Å²) in [6.45, 7) is 0. The number of rotatable bonds is 6. The molecule has 0 saturated heterocycles. The van der Waals surface area contributed by atoms with Crippen molar-refractivity contribution in [2.24, 2.45) is 7.05 Å². The van der Waals surface area contributed by atoms with Gasteiger partial charge in [-0.2, -0.15) is 5.10 Å². The van der Waals surface area contributed by atoms with Gasteiger partial charge in [-0.25, -0.2) is 13.1 Å². The zero-order valence-corrected chi connectivity index (χ0v) is 18.4. The van der Waals surface area contributed by atoms with Crippen molar-refractivity contribution in [3.63, 3.8) is 0 Å². The number of aryl methyl sites for hydroxylation is 1. The summed E-state index contributed by atoms with van der Waals surface area (Å²) in [5.74, 6) is -1.13. The topological polar surface area (TPSA) is 110 Å². The Balaban J connectivity index is 1.44. The Hall–Kier alpha value is -4.24. The Labute approximate surface area is 190 Å². The average molecular weight is 461 g/mol. The van der Waals surface area contributed by atoms with E-state index in [-0.39, 0.29) is 16.4 Å². The van der Waals surface area contributed by atoms with Gasteiger partial charge in [0.15, 0.2) is 0 Å². The molecule has 0 atom stereocenters. The van der Waals surface area contributed by atoms with Crippen molar-refractivity contribution in [2.75, 3.05) is 5.32 Å². The molecule has 0 unspecified atom stereocenters. The fourth-order valence-electron chi connectivity index (χ4n) is 3.17. The van der Waals surface area contributed by atoms with E-state index in [1.807, 2.05) is 35.1 Å². The number of sulfonamides is 1. The second kappa shape index (κ2) is 9.09. The van der Waals surface area contributed by atoms with Gasteiger partial charge in [0.25, 0.3) is 21.8 Å². The Morgan fingerprint density at radius 1 is 0.818 bits per heavy atom. The molecule has 4 rings (SSSR count). The fourth-order valence-corrected chi connectivity index (χ4v) is 4.16. The van der Waals surface area contributed by atoms with Crippen molar-refractivity contribution < 1.29 is 18.0 Å². The molecular weight excluding hydrogens is 440 g/mol. The molecule has 0 aliphatic rings. The van der Waals surface area contributed by atoms with Crippen LogP contribution in [0.3, 0.4) is 0 Å². The molecule has 0 aliphatic carbocycles. The molecule has 2 amide bonds. The minimum atomic E-state index is -3.98. The van der Waals surface area contributed by atoms with Gasteiger partial charge in [-0.3, -0.25) is 14.3 Å². The van der Waals surface area contributed by atoms with Gasteiger partial charge in [0.1, 0.15) is 5.69 Å². The normalized spacial score (nSPS) is 11.1. The van der Waals surface area contributed by atoms with E-state index in [9.17, 15) is 18.0 Å². The summed E-state index contributed by atoms with van der Waals surface area (Å²) >= 11 is 0. The molecule has 2 N–H and O–H groups in total. The molecule has 0 bridgehead atoms. The van der Waals surface area contributed by atoms with Crippen LogP contribution < -0.4 is 10.0 Å². The summed E-state index contributed by atoms with van der Waals surface area (Å²) in [5.41, 5.74) is 2.52. The number of benzene rings is 3. The Morgan fingerprint density at radius 3 is 2.06 bits per heavy atom. The lowest BCUT2D eigenvalue weighted by Crippen LogP contribution is -2.30. The maximum absolute atomic E-state index is 12.7. The number of hydrogen-bond acceptors (Lipinski definition) is 5. The van der Waals surface area contributed by atoms with E-state index in [2.05, 4.69) is 10.4 Å². The van der Waals surface area contributed by atoms with Crippen LogP contribution in [0, 0.1) is 0 Å². The van der Waals surface area contributed by atoms with Gasteiger partial charge in [-0.15, -0.1) is 0 Å². The maximum Gasteiger partial charge on any atom is 0.273 e. The molecular formula is C24H20N4O4S. The molecule has 166 valence electrons. The first-order valence-electron chi connectivity index (χ1n) is 9.96. The van der Waals surface area contributed by atoms with Crippen LogP contribution in [0.4, 0.5) is 5.69 Å². The van der Waals surface area contributed by atoms with Gasteiger partial charge in [0, 0.05) is 23.9 Å². The quantitative estimate of drug-likeness (QED) is 0.458. The number of aromatic nitrogens is 2. The van der Waals surface area contributed by atoms with Gasteiger partial charge in [-0.05, 0) is 42.5 Å². The molecule has 0 fully saturated rings. The van der Waals surface area contributed by atoms with Crippen LogP contribution >= 0.6 is 0 Å². The molecule has 0 spiro atoms. The molecule has 3 aromatic carbocycles. The minimum absolute atomic E-state index is 0.00622. The lowest BCUT2D eigenvalue weighted by atomic mass is 10.1. The first-order chi connectivity index (χ1) is 15.8. The number of nitrogens with zero attached hydrogens (tertiary/aromatic N) is 2. The van der Waals surface area contributed by atoms with E-state index in [1.165, 1.54) is 41.1 Å². The average Bonchev–Trinajstić information content (AvgIpc) is 3.22. The van der Waals surface area contributed by atoms with E-state index in [0.717, 1.165) is 5.56 Å². The lowest BCUT2D eigenvalue weighted by Gasteiger charge is -2.08. The van der Waals surface area contributed by atoms with Crippen LogP contribution in [0.15, 0.2) is 95.9 Å². The minimum Gasteiger partial charge on any atom is -0.321 e. The SMILES string of the molecule is Cn1nc(-c2ccccc2)cc1C(=O)Nc1ccc(C(=O)NS(=O)(=O)c2ccccc2)cc1. The van der Waals surface area contributed by atoms with Crippen LogP contribution in [-0.4, -0.2) is 30.0 Å². The highest BCUT2D eigenvalue weighted by Crippen LogP contribution is 2.19. The first kappa shape index (κ1) is 22.0. The molecule has 8 nitrogen and oxygen atoms in total. The number of carbonyl (C=O) groups excluding carboxylic acids is 2. The Kier molecular flexibility index (Phi) is 6.05.